The molecule has 0 aliphatic carbocycles. The van der Waals surface area contributed by atoms with E-state index in [0.29, 0.717) is 0 Å². The summed E-state index contributed by atoms with van der Waals surface area (Å²) >= 11 is 0. The van der Waals surface area contributed by atoms with Gasteiger partial charge in [-0.1, -0.05) is 42.5 Å². The number of quaternary nitrogens is 1. The molecule has 1 N–H and O–H groups in total. The Morgan fingerprint density at radius 2 is 1.60 bits per heavy atom. The van der Waals surface area contributed by atoms with E-state index in [1.807, 2.05) is 0 Å². The number of ether oxygens (including phenoxy) is 2. The molecule has 3 nitrogen and oxygen atoms in total. The minimum atomic E-state index is 0.827. The Labute approximate surface area is 148 Å². The Hall–Kier alpha value is -2.52. The summed E-state index contributed by atoms with van der Waals surface area (Å²) < 4.78 is 10.9. The summed E-state index contributed by atoms with van der Waals surface area (Å²) in [7, 11) is 3.40. The van der Waals surface area contributed by atoms with Crippen molar-refractivity contribution in [2.75, 3.05) is 20.8 Å². The van der Waals surface area contributed by atoms with Crippen LogP contribution in [0.15, 0.2) is 54.6 Å². The standard InChI is InChI=1S/C22H23NO2/c1-24-21-12-17-10-11-23(15-19(17)13-22(21)25-2)14-18-8-5-7-16-6-3-4-9-20(16)18/h3-9,12-13H,10-11,14-15H2,1-2H3/p+1. The molecule has 0 spiro atoms. The lowest BCUT2D eigenvalue weighted by atomic mass is 9.97. The average Bonchev–Trinajstić information content (AvgIpc) is 2.67. The van der Waals surface area contributed by atoms with E-state index in [-0.39, 0.29) is 0 Å². The normalized spacial score (nSPS) is 16.5. The van der Waals surface area contributed by atoms with Crippen LogP contribution in [0.2, 0.25) is 0 Å². The Balaban J connectivity index is 1.60. The molecule has 3 aromatic rings. The first kappa shape index (κ1) is 16.0. The molecule has 0 saturated heterocycles. The smallest absolute Gasteiger partial charge is 0.161 e. The minimum absolute atomic E-state index is 0.827. The molecule has 1 aliphatic rings. The van der Waals surface area contributed by atoms with Crippen molar-refractivity contribution in [2.45, 2.75) is 19.5 Å². The first-order valence-electron chi connectivity index (χ1n) is 8.82. The van der Waals surface area contributed by atoms with Crippen molar-refractivity contribution in [3.05, 3.63) is 71.3 Å². The second kappa shape index (κ2) is 6.77. The molecule has 0 bridgehead atoms. The van der Waals surface area contributed by atoms with Crippen LogP contribution in [0.25, 0.3) is 10.8 Å². The zero-order valence-corrected chi connectivity index (χ0v) is 14.8. The fourth-order valence-electron chi connectivity index (χ4n) is 3.90. The van der Waals surface area contributed by atoms with Crippen LogP contribution < -0.4 is 14.4 Å². The summed E-state index contributed by atoms with van der Waals surface area (Å²) in [5, 5.41) is 2.69. The summed E-state index contributed by atoms with van der Waals surface area (Å²) in [5.41, 5.74) is 4.19. The maximum Gasteiger partial charge on any atom is 0.161 e. The van der Waals surface area contributed by atoms with Crippen LogP contribution in [-0.4, -0.2) is 20.8 Å². The summed E-state index contributed by atoms with van der Waals surface area (Å²) in [6, 6.07) is 19.6. The summed E-state index contributed by atoms with van der Waals surface area (Å²) in [6.07, 6.45) is 1.08. The van der Waals surface area contributed by atoms with Crippen molar-refractivity contribution in [1.29, 1.82) is 0 Å². The van der Waals surface area contributed by atoms with Crippen LogP contribution in [0, 0.1) is 0 Å². The van der Waals surface area contributed by atoms with E-state index in [9.17, 15) is 0 Å². The highest BCUT2D eigenvalue weighted by molar-refractivity contribution is 5.85. The van der Waals surface area contributed by atoms with Crippen LogP contribution in [0.4, 0.5) is 0 Å². The van der Waals surface area contributed by atoms with E-state index in [1.165, 1.54) is 27.5 Å². The molecule has 0 saturated carbocycles. The molecule has 3 aromatic carbocycles. The van der Waals surface area contributed by atoms with Crippen molar-refractivity contribution in [1.82, 2.24) is 0 Å². The van der Waals surface area contributed by atoms with Gasteiger partial charge in [0.05, 0.1) is 20.8 Å². The highest BCUT2D eigenvalue weighted by Crippen LogP contribution is 2.31. The third kappa shape index (κ3) is 3.08. The third-order valence-electron chi connectivity index (χ3n) is 5.21. The van der Waals surface area contributed by atoms with Gasteiger partial charge in [-0.3, -0.25) is 0 Å². The van der Waals surface area contributed by atoms with Gasteiger partial charge in [-0.2, -0.15) is 0 Å². The number of nitrogens with one attached hydrogen (secondary N) is 1. The summed E-state index contributed by atoms with van der Waals surface area (Å²) in [4.78, 5) is 1.59. The average molecular weight is 334 g/mol. The lowest BCUT2D eigenvalue weighted by Gasteiger charge is -2.27. The quantitative estimate of drug-likeness (QED) is 0.793. The van der Waals surface area contributed by atoms with Gasteiger partial charge >= 0.3 is 0 Å². The zero-order valence-electron chi connectivity index (χ0n) is 14.8. The van der Waals surface area contributed by atoms with Gasteiger partial charge in [-0.05, 0) is 28.5 Å². The van der Waals surface area contributed by atoms with Crippen LogP contribution in [0.5, 0.6) is 11.5 Å². The van der Waals surface area contributed by atoms with E-state index < -0.39 is 0 Å². The van der Waals surface area contributed by atoms with Crippen LogP contribution in [0.1, 0.15) is 16.7 Å². The molecular weight excluding hydrogens is 310 g/mol. The molecule has 1 unspecified atom stereocenters. The molecule has 0 aromatic heterocycles. The van der Waals surface area contributed by atoms with Crippen LogP contribution in [0.3, 0.4) is 0 Å². The molecule has 128 valence electrons. The SMILES string of the molecule is COc1cc2c(cc1OC)C[NH+](Cc1cccc3ccccc13)CC2. The minimum Gasteiger partial charge on any atom is -0.493 e. The van der Waals surface area contributed by atoms with E-state index in [2.05, 4.69) is 54.6 Å². The van der Waals surface area contributed by atoms with Crippen molar-refractivity contribution in [3.8, 4) is 11.5 Å². The third-order valence-corrected chi connectivity index (χ3v) is 5.21. The number of methoxy groups -OCH3 is 2. The number of rotatable bonds is 4. The molecule has 4 rings (SSSR count). The maximum atomic E-state index is 5.48. The second-order valence-corrected chi connectivity index (χ2v) is 6.72. The predicted octanol–water partition coefficient (Wildman–Crippen LogP) is 3.00. The van der Waals surface area contributed by atoms with E-state index in [1.54, 1.807) is 19.1 Å². The van der Waals surface area contributed by atoms with Gasteiger partial charge in [-0.25, -0.2) is 0 Å². The van der Waals surface area contributed by atoms with Crippen LogP contribution in [-0.2, 0) is 19.5 Å². The van der Waals surface area contributed by atoms with Crippen molar-refractivity contribution >= 4 is 10.8 Å². The number of benzene rings is 3. The summed E-state index contributed by atoms with van der Waals surface area (Å²) in [6.45, 7) is 3.22. The van der Waals surface area contributed by atoms with Gasteiger partial charge in [0, 0.05) is 17.5 Å². The Kier molecular flexibility index (Phi) is 4.33. The van der Waals surface area contributed by atoms with Gasteiger partial charge in [0.1, 0.15) is 13.1 Å². The number of hydrogen-bond acceptors (Lipinski definition) is 2. The zero-order chi connectivity index (χ0) is 17.2. The Morgan fingerprint density at radius 3 is 2.40 bits per heavy atom. The molecule has 1 atom stereocenters. The molecular formula is C22H24NO2+. The summed E-state index contributed by atoms with van der Waals surface area (Å²) in [5.74, 6) is 1.66. The largest absolute Gasteiger partial charge is 0.493 e. The Bertz CT molecular complexity index is 898. The molecule has 3 heteroatoms. The molecule has 1 heterocycles. The maximum absolute atomic E-state index is 5.48. The molecule has 0 fully saturated rings. The topological polar surface area (TPSA) is 22.9 Å². The van der Waals surface area contributed by atoms with E-state index in [0.717, 1.165) is 37.6 Å². The number of hydrogen-bond donors (Lipinski definition) is 1. The highest BCUT2D eigenvalue weighted by Gasteiger charge is 2.22. The molecule has 0 radical (unpaired) electrons. The van der Waals surface area contributed by atoms with E-state index in [4.69, 9.17) is 9.47 Å². The molecule has 1 aliphatic heterocycles. The van der Waals surface area contributed by atoms with Gasteiger partial charge in [0.15, 0.2) is 11.5 Å². The first-order chi connectivity index (χ1) is 12.3. The van der Waals surface area contributed by atoms with E-state index >= 15 is 0 Å². The van der Waals surface area contributed by atoms with Gasteiger partial charge < -0.3 is 14.4 Å². The van der Waals surface area contributed by atoms with Crippen LogP contribution >= 0.6 is 0 Å². The van der Waals surface area contributed by atoms with Crippen molar-refractivity contribution in [3.63, 3.8) is 0 Å². The second-order valence-electron chi connectivity index (χ2n) is 6.72. The predicted molar refractivity (Wildman–Crippen MR) is 100 cm³/mol. The van der Waals surface area contributed by atoms with Crippen molar-refractivity contribution in [2.24, 2.45) is 0 Å². The fraction of sp³-hybridized carbons (Fsp3) is 0.273. The molecule has 0 amide bonds. The van der Waals surface area contributed by atoms with Crippen molar-refractivity contribution < 1.29 is 14.4 Å². The lowest BCUT2D eigenvalue weighted by Crippen LogP contribution is -3.10. The van der Waals surface area contributed by atoms with Gasteiger partial charge in [0.2, 0.25) is 0 Å². The number of fused-ring (bicyclic) bond motifs is 2. The highest BCUT2D eigenvalue weighted by atomic mass is 16.5. The lowest BCUT2D eigenvalue weighted by molar-refractivity contribution is -0.929. The fourth-order valence-corrected chi connectivity index (χ4v) is 3.90. The Morgan fingerprint density at radius 1 is 0.880 bits per heavy atom. The van der Waals surface area contributed by atoms with Gasteiger partial charge in [-0.15, -0.1) is 0 Å². The first-order valence-corrected chi connectivity index (χ1v) is 8.82. The monoisotopic (exact) mass is 334 g/mol. The van der Waals surface area contributed by atoms with Gasteiger partial charge in [0.25, 0.3) is 0 Å². The molecule has 25 heavy (non-hydrogen) atoms.